The third-order valence-corrected chi connectivity index (χ3v) is 3.95. The second kappa shape index (κ2) is 4.38. The molecule has 0 atom stereocenters. The molecule has 4 N–H and O–H groups in total. The highest BCUT2D eigenvalue weighted by molar-refractivity contribution is 9.10. The molecule has 1 aromatic carbocycles. The van der Waals surface area contributed by atoms with Crippen LogP contribution < -0.4 is 10.5 Å². The second-order valence-electron chi connectivity index (χ2n) is 3.27. The minimum absolute atomic E-state index is 0.00113. The molecule has 0 amide bonds. The minimum Gasteiger partial charge on any atom is -0.399 e. The van der Waals surface area contributed by atoms with Gasteiger partial charge in [-0.1, -0.05) is 0 Å². The number of halogens is 1. The molecule has 8 heteroatoms. The van der Waals surface area contributed by atoms with Crippen molar-refractivity contribution in [3.8, 4) is 0 Å². The molecule has 6 nitrogen and oxygen atoms in total. The molecule has 2 rings (SSSR count). The van der Waals surface area contributed by atoms with Crippen LogP contribution in [0.15, 0.2) is 40.0 Å². The first-order chi connectivity index (χ1) is 7.99. The van der Waals surface area contributed by atoms with Crippen molar-refractivity contribution in [2.75, 3.05) is 10.5 Å². The zero-order chi connectivity index (χ0) is 12.5. The van der Waals surface area contributed by atoms with E-state index in [0.717, 1.165) is 0 Å². The van der Waals surface area contributed by atoms with Crippen molar-refractivity contribution in [2.24, 2.45) is 0 Å². The van der Waals surface area contributed by atoms with Gasteiger partial charge in [0.1, 0.15) is 0 Å². The maximum atomic E-state index is 11.9. The van der Waals surface area contributed by atoms with Gasteiger partial charge in [0.05, 0.1) is 11.9 Å². The zero-order valence-electron chi connectivity index (χ0n) is 8.51. The molecule has 0 aliphatic carbocycles. The van der Waals surface area contributed by atoms with E-state index in [0.29, 0.717) is 15.8 Å². The monoisotopic (exact) mass is 316 g/mol. The minimum atomic E-state index is -3.64. The molecule has 2 aromatic rings. The van der Waals surface area contributed by atoms with E-state index < -0.39 is 10.0 Å². The maximum Gasteiger partial charge on any atom is 0.278 e. The molecule has 0 saturated carbocycles. The number of hydrogen-bond donors (Lipinski definition) is 3. The van der Waals surface area contributed by atoms with E-state index in [1.807, 2.05) is 0 Å². The number of nitrogen functional groups attached to an aromatic ring is 1. The summed E-state index contributed by atoms with van der Waals surface area (Å²) in [6.45, 7) is 0. The van der Waals surface area contributed by atoms with Gasteiger partial charge in [0.2, 0.25) is 0 Å². The standard InChI is InChI=1S/C9H9BrN4O2S/c10-7-5-6(11)1-2-8(7)14-17(15,16)9-3-4-12-13-9/h1-5,14H,11H2,(H,12,13). The first kappa shape index (κ1) is 11.9. The normalized spacial score (nSPS) is 11.4. The summed E-state index contributed by atoms with van der Waals surface area (Å²) in [4.78, 5) is 0. The van der Waals surface area contributed by atoms with Gasteiger partial charge in [-0.15, -0.1) is 0 Å². The SMILES string of the molecule is Nc1ccc(NS(=O)(=O)c2ccn[nH]2)c(Br)c1. The molecule has 0 spiro atoms. The topological polar surface area (TPSA) is 101 Å². The van der Waals surface area contributed by atoms with Crippen LogP contribution in [0.25, 0.3) is 0 Å². The highest BCUT2D eigenvalue weighted by atomic mass is 79.9. The van der Waals surface area contributed by atoms with Gasteiger partial charge >= 0.3 is 0 Å². The molecule has 0 bridgehead atoms. The average Bonchev–Trinajstić information content (AvgIpc) is 2.76. The summed E-state index contributed by atoms with van der Waals surface area (Å²) < 4.78 is 26.7. The Bertz CT molecular complexity index is 624. The molecule has 0 aliphatic rings. The van der Waals surface area contributed by atoms with Crippen LogP contribution in [-0.2, 0) is 10.0 Å². The predicted molar refractivity (Wildman–Crippen MR) is 68.0 cm³/mol. The first-order valence-corrected chi connectivity index (χ1v) is 6.84. The Hall–Kier alpha value is -1.54. The Morgan fingerprint density at radius 2 is 2.12 bits per heavy atom. The third kappa shape index (κ3) is 2.59. The van der Waals surface area contributed by atoms with Gasteiger partial charge in [0, 0.05) is 10.2 Å². The summed E-state index contributed by atoms with van der Waals surface area (Å²) >= 11 is 3.23. The number of nitrogens with two attached hydrogens (primary N) is 1. The van der Waals surface area contributed by atoms with Crippen LogP contribution in [0.4, 0.5) is 11.4 Å². The van der Waals surface area contributed by atoms with E-state index in [2.05, 4.69) is 30.8 Å². The molecule has 0 unspecified atom stereocenters. The van der Waals surface area contributed by atoms with Crippen molar-refractivity contribution in [1.29, 1.82) is 0 Å². The van der Waals surface area contributed by atoms with Crippen LogP contribution in [0.5, 0.6) is 0 Å². The van der Waals surface area contributed by atoms with Crippen molar-refractivity contribution >= 4 is 37.3 Å². The zero-order valence-corrected chi connectivity index (χ0v) is 10.9. The second-order valence-corrected chi connectivity index (χ2v) is 5.77. The van der Waals surface area contributed by atoms with Crippen molar-refractivity contribution in [1.82, 2.24) is 10.2 Å². The van der Waals surface area contributed by atoms with Gasteiger partial charge in [-0.3, -0.25) is 9.82 Å². The highest BCUT2D eigenvalue weighted by Gasteiger charge is 2.16. The Morgan fingerprint density at radius 3 is 2.71 bits per heavy atom. The molecule has 0 aliphatic heterocycles. The molecule has 17 heavy (non-hydrogen) atoms. The highest BCUT2D eigenvalue weighted by Crippen LogP contribution is 2.26. The van der Waals surface area contributed by atoms with Crippen LogP contribution in [0.2, 0.25) is 0 Å². The molecule has 0 saturated heterocycles. The summed E-state index contributed by atoms with van der Waals surface area (Å²) in [7, 11) is -3.64. The fraction of sp³-hybridized carbons (Fsp3) is 0. The van der Waals surface area contributed by atoms with Gasteiger partial charge < -0.3 is 5.73 Å². The number of rotatable bonds is 3. The Kier molecular flexibility index (Phi) is 3.07. The van der Waals surface area contributed by atoms with Crippen LogP contribution in [0, 0.1) is 0 Å². The fourth-order valence-corrected chi connectivity index (χ4v) is 2.82. The van der Waals surface area contributed by atoms with E-state index >= 15 is 0 Å². The molecule has 1 heterocycles. The first-order valence-electron chi connectivity index (χ1n) is 4.56. The summed E-state index contributed by atoms with van der Waals surface area (Å²) in [6.07, 6.45) is 1.37. The van der Waals surface area contributed by atoms with E-state index in [1.165, 1.54) is 12.3 Å². The van der Waals surface area contributed by atoms with Gasteiger partial charge in [0.15, 0.2) is 5.03 Å². The number of nitrogens with one attached hydrogen (secondary N) is 2. The van der Waals surface area contributed by atoms with E-state index in [9.17, 15) is 8.42 Å². The van der Waals surface area contributed by atoms with E-state index in [-0.39, 0.29) is 5.03 Å². The molecule has 0 fully saturated rings. The molecule has 1 aromatic heterocycles. The number of hydrogen-bond acceptors (Lipinski definition) is 4. The number of benzene rings is 1. The van der Waals surface area contributed by atoms with E-state index in [1.54, 1.807) is 18.2 Å². The number of aromatic amines is 1. The van der Waals surface area contributed by atoms with Crippen LogP contribution >= 0.6 is 15.9 Å². The van der Waals surface area contributed by atoms with Gasteiger partial charge in [-0.2, -0.15) is 13.5 Å². The number of anilines is 2. The number of nitrogens with zero attached hydrogens (tertiary/aromatic N) is 1. The lowest BCUT2D eigenvalue weighted by atomic mass is 10.3. The lowest BCUT2D eigenvalue weighted by molar-refractivity contribution is 0.597. The Morgan fingerprint density at radius 1 is 1.35 bits per heavy atom. The van der Waals surface area contributed by atoms with Gasteiger partial charge in [-0.05, 0) is 40.2 Å². The lowest BCUT2D eigenvalue weighted by Gasteiger charge is -2.08. The van der Waals surface area contributed by atoms with Crippen molar-refractivity contribution < 1.29 is 8.42 Å². The summed E-state index contributed by atoms with van der Waals surface area (Å²) in [5.74, 6) is 0. The molecule has 90 valence electrons. The lowest BCUT2D eigenvalue weighted by Crippen LogP contribution is -2.13. The number of H-pyrrole nitrogens is 1. The molecule has 0 radical (unpaired) electrons. The largest absolute Gasteiger partial charge is 0.399 e. The number of aromatic nitrogens is 2. The van der Waals surface area contributed by atoms with E-state index in [4.69, 9.17) is 5.73 Å². The predicted octanol–water partition coefficient (Wildman–Crippen LogP) is 1.56. The average molecular weight is 317 g/mol. The quantitative estimate of drug-likeness (QED) is 0.748. The smallest absolute Gasteiger partial charge is 0.278 e. The summed E-state index contributed by atoms with van der Waals surface area (Å²) in [5, 5.41) is 5.98. The van der Waals surface area contributed by atoms with Gasteiger partial charge in [0.25, 0.3) is 10.0 Å². The van der Waals surface area contributed by atoms with Crippen molar-refractivity contribution in [3.63, 3.8) is 0 Å². The number of sulfonamides is 1. The Balaban J connectivity index is 2.33. The van der Waals surface area contributed by atoms with Gasteiger partial charge in [-0.25, -0.2) is 0 Å². The molecular weight excluding hydrogens is 308 g/mol. The van der Waals surface area contributed by atoms with Crippen LogP contribution in [0.1, 0.15) is 0 Å². The third-order valence-electron chi connectivity index (χ3n) is 2.00. The molecular formula is C9H9BrN4O2S. The Labute approximate surface area is 106 Å². The summed E-state index contributed by atoms with van der Waals surface area (Å²) in [5.41, 5.74) is 6.52. The van der Waals surface area contributed by atoms with Crippen molar-refractivity contribution in [2.45, 2.75) is 5.03 Å². The van der Waals surface area contributed by atoms with Crippen LogP contribution in [-0.4, -0.2) is 18.6 Å². The maximum absolute atomic E-state index is 11.9. The summed E-state index contributed by atoms with van der Waals surface area (Å²) in [6, 6.07) is 6.17. The van der Waals surface area contributed by atoms with Crippen molar-refractivity contribution in [3.05, 3.63) is 34.9 Å². The van der Waals surface area contributed by atoms with Crippen LogP contribution in [0.3, 0.4) is 0 Å². The fourth-order valence-electron chi connectivity index (χ4n) is 1.21.